The quantitative estimate of drug-likeness (QED) is 0.0261. The Morgan fingerprint density at radius 2 is 0.519 bits per heavy atom. The highest BCUT2D eigenvalue weighted by molar-refractivity contribution is 5.71. The molecule has 0 heterocycles. The van der Waals surface area contributed by atoms with Crippen molar-refractivity contribution < 1.29 is 28.6 Å². The van der Waals surface area contributed by atoms with Gasteiger partial charge in [-0.05, 0) is 109 Å². The number of unbranched alkanes of at least 4 members (excludes halogenated alkanes) is 26. The van der Waals surface area contributed by atoms with E-state index in [1.807, 2.05) is 0 Å². The van der Waals surface area contributed by atoms with Crippen LogP contribution in [0.4, 0.5) is 0 Å². The van der Waals surface area contributed by atoms with Crippen molar-refractivity contribution in [3.05, 3.63) is 122 Å². The number of ether oxygens (including phenoxy) is 3. The molecule has 0 radical (unpaired) electrons. The van der Waals surface area contributed by atoms with Crippen molar-refractivity contribution in [1.82, 2.24) is 0 Å². The van der Waals surface area contributed by atoms with E-state index in [0.717, 1.165) is 116 Å². The van der Waals surface area contributed by atoms with Gasteiger partial charge in [0, 0.05) is 19.3 Å². The lowest BCUT2D eigenvalue weighted by Gasteiger charge is -2.18. The third-order valence-corrected chi connectivity index (χ3v) is 13.5. The summed E-state index contributed by atoms with van der Waals surface area (Å²) in [6.45, 7) is 6.39. The molecule has 6 heteroatoms. The molecule has 1 unspecified atom stereocenters. The van der Waals surface area contributed by atoms with Crippen LogP contribution < -0.4 is 0 Å². The molecule has 0 fully saturated rings. The normalized spacial score (nSPS) is 12.9. The second-order valence-corrected chi connectivity index (χ2v) is 20.9. The standard InChI is InChI=1S/C71H118O6/c1-4-7-10-13-15-17-19-21-23-25-27-29-31-32-33-34-35-36-37-38-40-41-43-45-47-49-51-53-55-58-61-64-70(73)76-67-68(66-75-69(72)63-60-57-12-9-6-3)77-71(74)65-62-59-56-54-52-50-48-46-44-42-39-30-28-26-24-22-20-18-16-14-11-8-5-2/h8,11,16,18-19,21-22,24-25,27-28,30-32,42,44,48,50,54,56,68H,4-7,9-10,12-15,17,20,23,26,29,33-41,43,45-47,49,51-53,55,57-67H2,1-3H3/b11-8-,18-16-,21-19-,24-22-,27-25-,30-28-,32-31-,44-42-,50-48-,56-54-. The minimum absolute atomic E-state index is 0.102. The number of hydrogen-bond acceptors (Lipinski definition) is 6. The summed E-state index contributed by atoms with van der Waals surface area (Å²) in [5.74, 6) is -0.975. The molecule has 0 saturated heterocycles. The summed E-state index contributed by atoms with van der Waals surface area (Å²) >= 11 is 0. The lowest BCUT2D eigenvalue weighted by atomic mass is 10.0. The Morgan fingerprint density at radius 3 is 0.831 bits per heavy atom. The van der Waals surface area contributed by atoms with Gasteiger partial charge in [0.05, 0.1) is 0 Å². The highest BCUT2D eigenvalue weighted by Crippen LogP contribution is 2.16. The SMILES string of the molecule is CC/C=C\C/C=C\C/C=C\C/C=C\C/C=C\C/C=C\C/C=C\CCCC(=O)OC(COC(=O)CCCCCCC)COC(=O)CCCCCCCCCCCCCCCCCC/C=C\C/C=C\C/C=C\CCCCCCC. The van der Waals surface area contributed by atoms with Gasteiger partial charge in [-0.3, -0.25) is 14.4 Å². The molecule has 0 aromatic rings. The van der Waals surface area contributed by atoms with Crippen LogP contribution in [0.1, 0.15) is 290 Å². The van der Waals surface area contributed by atoms with Gasteiger partial charge in [0.15, 0.2) is 6.10 Å². The van der Waals surface area contributed by atoms with Gasteiger partial charge in [0.25, 0.3) is 0 Å². The monoisotopic (exact) mass is 1070 g/mol. The van der Waals surface area contributed by atoms with Crippen molar-refractivity contribution in [2.75, 3.05) is 13.2 Å². The number of carbonyl (C=O) groups is 3. The van der Waals surface area contributed by atoms with E-state index in [1.54, 1.807) is 0 Å². The predicted octanol–water partition coefficient (Wildman–Crippen LogP) is 22.0. The zero-order chi connectivity index (χ0) is 55.7. The average Bonchev–Trinajstić information content (AvgIpc) is 3.43. The smallest absolute Gasteiger partial charge is 0.306 e. The fraction of sp³-hybridized carbons (Fsp3) is 0.676. The topological polar surface area (TPSA) is 78.9 Å². The summed E-state index contributed by atoms with van der Waals surface area (Å²) in [4.78, 5) is 37.9. The first-order chi connectivity index (χ1) is 38.0. The molecule has 6 nitrogen and oxygen atoms in total. The van der Waals surface area contributed by atoms with Crippen molar-refractivity contribution in [3.63, 3.8) is 0 Å². The van der Waals surface area contributed by atoms with Gasteiger partial charge < -0.3 is 14.2 Å². The maximum absolute atomic E-state index is 12.8. The van der Waals surface area contributed by atoms with Crippen LogP contribution in [-0.4, -0.2) is 37.2 Å². The molecule has 438 valence electrons. The molecule has 0 aliphatic heterocycles. The van der Waals surface area contributed by atoms with Gasteiger partial charge in [-0.1, -0.05) is 284 Å². The van der Waals surface area contributed by atoms with Gasteiger partial charge in [0.2, 0.25) is 0 Å². The van der Waals surface area contributed by atoms with E-state index in [2.05, 4.69) is 142 Å². The molecule has 0 saturated carbocycles. The van der Waals surface area contributed by atoms with Crippen LogP contribution in [0, 0.1) is 0 Å². The Balaban J connectivity index is 4.10. The van der Waals surface area contributed by atoms with E-state index >= 15 is 0 Å². The van der Waals surface area contributed by atoms with E-state index in [4.69, 9.17) is 14.2 Å². The van der Waals surface area contributed by atoms with Gasteiger partial charge in [-0.25, -0.2) is 0 Å². The highest BCUT2D eigenvalue weighted by atomic mass is 16.6. The minimum atomic E-state index is -0.808. The zero-order valence-electron chi connectivity index (χ0n) is 50.2. The third-order valence-electron chi connectivity index (χ3n) is 13.5. The van der Waals surface area contributed by atoms with Gasteiger partial charge >= 0.3 is 17.9 Å². The fourth-order valence-corrected chi connectivity index (χ4v) is 8.67. The van der Waals surface area contributed by atoms with Crippen LogP contribution in [0.2, 0.25) is 0 Å². The van der Waals surface area contributed by atoms with Crippen LogP contribution in [0.15, 0.2) is 122 Å². The van der Waals surface area contributed by atoms with E-state index in [9.17, 15) is 14.4 Å². The molecule has 0 aromatic heterocycles. The molecule has 0 aliphatic rings. The minimum Gasteiger partial charge on any atom is -0.462 e. The Kier molecular flexibility index (Phi) is 60.8. The van der Waals surface area contributed by atoms with Crippen LogP contribution in [0.25, 0.3) is 0 Å². The van der Waals surface area contributed by atoms with Gasteiger partial charge in [0.1, 0.15) is 13.2 Å². The average molecular weight is 1070 g/mol. The summed E-state index contributed by atoms with van der Waals surface area (Å²) in [5, 5.41) is 0. The van der Waals surface area contributed by atoms with Crippen LogP contribution in [-0.2, 0) is 28.6 Å². The van der Waals surface area contributed by atoms with E-state index < -0.39 is 6.10 Å². The Bertz CT molecular complexity index is 1600. The first kappa shape index (κ1) is 72.8. The van der Waals surface area contributed by atoms with Crippen LogP contribution >= 0.6 is 0 Å². The van der Waals surface area contributed by atoms with Crippen molar-refractivity contribution in [3.8, 4) is 0 Å². The third kappa shape index (κ3) is 62.5. The molecule has 1 atom stereocenters. The summed E-state index contributed by atoms with van der Waals surface area (Å²) in [6.07, 6.45) is 89.8. The second kappa shape index (κ2) is 64.3. The van der Waals surface area contributed by atoms with E-state index in [1.165, 1.54) is 128 Å². The first-order valence-corrected chi connectivity index (χ1v) is 32.0. The van der Waals surface area contributed by atoms with Crippen LogP contribution in [0.5, 0.6) is 0 Å². The summed E-state index contributed by atoms with van der Waals surface area (Å²) < 4.78 is 16.7. The Hall–Kier alpha value is -4.19. The van der Waals surface area contributed by atoms with Crippen molar-refractivity contribution in [2.45, 2.75) is 297 Å². The molecule has 0 rings (SSSR count). The van der Waals surface area contributed by atoms with E-state index in [0.29, 0.717) is 19.3 Å². The van der Waals surface area contributed by atoms with Crippen molar-refractivity contribution in [2.24, 2.45) is 0 Å². The molecule has 77 heavy (non-hydrogen) atoms. The predicted molar refractivity (Wildman–Crippen MR) is 334 cm³/mol. The van der Waals surface area contributed by atoms with Crippen molar-refractivity contribution >= 4 is 17.9 Å². The van der Waals surface area contributed by atoms with E-state index in [-0.39, 0.29) is 37.5 Å². The molecule has 0 aromatic carbocycles. The van der Waals surface area contributed by atoms with Gasteiger partial charge in [-0.15, -0.1) is 0 Å². The number of allylic oxidation sites excluding steroid dienone is 20. The zero-order valence-corrected chi connectivity index (χ0v) is 50.2. The van der Waals surface area contributed by atoms with Crippen molar-refractivity contribution in [1.29, 1.82) is 0 Å². The fourth-order valence-electron chi connectivity index (χ4n) is 8.67. The summed E-state index contributed by atoms with van der Waals surface area (Å²) in [6, 6.07) is 0. The largest absolute Gasteiger partial charge is 0.462 e. The van der Waals surface area contributed by atoms with Crippen LogP contribution in [0.3, 0.4) is 0 Å². The molecule has 0 N–H and O–H groups in total. The van der Waals surface area contributed by atoms with Gasteiger partial charge in [-0.2, -0.15) is 0 Å². The Morgan fingerprint density at radius 1 is 0.273 bits per heavy atom. The molecule has 0 spiro atoms. The molecule has 0 aliphatic carbocycles. The number of hydrogen-bond donors (Lipinski definition) is 0. The molecular weight excluding hydrogens is 949 g/mol. The maximum atomic E-state index is 12.8. The number of esters is 3. The lowest BCUT2D eigenvalue weighted by Crippen LogP contribution is -2.30. The first-order valence-electron chi connectivity index (χ1n) is 32.0. The highest BCUT2D eigenvalue weighted by Gasteiger charge is 2.19. The number of rotatable bonds is 57. The second-order valence-electron chi connectivity index (χ2n) is 20.9. The lowest BCUT2D eigenvalue weighted by molar-refractivity contribution is -0.167. The summed E-state index contributed by atoms with van der Waals surface area (Å²) in [5.41, 5.74) is 0. The Labute approximate surface area is 475 Å². The molecular formula is C71H118O6. The maximum Gasteiger partial charge on any atom is 0.306 e. The number of carbonyl (C=O) groups excluding carboxylic acids is 3. The molecule has 0 bridgehead atoms. The summed E-state index contributed by atoms with van der Waals surface area (Å²) in [7, 11) is 0. The molecule has 0 amide bonds.